The van der Waals surface area contributed by atoms with Gasteiger partial charge < -0.3 is 10.0 Å². The van der Waals surface area contributed by atoms with Crippen molar-refractivity contribution in [3.63, 3.8) is 0 Å². The molecule has 2 nitrogen and oxygen atoms in total. The average Bonchev–Trinajstić information content (AvgIpc) is 2.68. The van der Waals surface area contributed by atoms with Crippen LogP contribution in [0.5, 0.6) is 0 Å². The molecular weight excluding hydrogens is 282 g/mol. The number of rotatable bonds is 4. The van der Waals surface area contributed by atoms with Gasteiger partial charge in [0.2, 0.25) is 0 Å². The van der Waals surface area contributed by atoms with Crippen molar-refractivity contribution in [2.24, 2.45) is 0 Å². The van der Waals surface area contributed by atoms with Crippen molar-refractivity contribution < 1.29 is 5.11 Å². The number of hydrogen-bond acceptors (Lipinski definition) is 2. The summed E-state index contributed by atoms with van der Waals surface area (Å²) in [5.41, 5.74) is 2.11. The van der Waals surface area contributed by atoms with E-state index in [0.29, 0.717) is 6.42 Å². The lowest BCUT2D eigenvalue weighted by molar-refractivity contribution is -0.0174. The zero-order valence-electron chi connectivity index (χ0n) is 13.5. The first-order valence-corrected chi connectivity index (χ1v) is 8.44. The standard InChI is InChI=1S/C18H28ClNO/c1-14-8-9-15(16(19)12-14)13-17(21)18(20(2)3)10-6-4-5-7-11-18/h8-9,12,17,21H,4-7,10-11,13H2,1-3H3. The van der Waals surface area contributed by atoms with Gasteiger partial charge in [-0.15, -0.1) is 0 Å². The number of aryl methyl sites for hydroxylation is 1. The van der Waals surface area contributed by atoms with Gasteiger partial charge in [-0.3, -0.25) is 0 Å². The summed E-state index contributed by atoms with van der Waals surface area (Å²) in [5, 5.41) is 11.7. The maximum absolute atomic E-state index is 11.0. The fraction of sp³-hybridized carbons (Fsp3) is 0.667. The van der Waals surface area contributed by atoms with Crippen LogP contribution in [0, 0.1) is 6.92 Å². The number of aliphatic hydroxyl groups is 1. The van der Waals surface area contributed by atoms with Crippen LogP contribution in [0.4, 0.5) is 0 Å². The van der Waals surface area contributed by atoms with Gasteiger partial charge in [0.1, 0.15) is 0 Å². The van der Waals surface area contributed by atoms with Crippen LogP contribution in [0.25, 0.3) is 0 Å². The number of likely N-dealkylation sites (N-methyl/N-ethyl adjacent to an activating group) is 1. The number of aliphatic hydroxyl groups excluding tert-OH is 1. The SMILES string of the molecule is Cc1ccc(CC(O)C2(N(C)C)CCCCCC2)c(Cl)c1. The largest absolute Gasteiger partial charge is 0.391 e. The quantitative estimate of drug-likeness (QED) is 0.842. The first kappa shape index (κ1) is 16.8. The Labute approximate surface area is 134 Å². The summed E-state index contributed by atoms with van der Waals surface area (Å²) in [5.74, 6) is 0. The average molecular weight is 310 g/mol. The minimum absolute atomic E-state index is 0.106. The molecule has 1 aromatic rings. The van der Waals surface area contributed by atoms with Crippen LogP contribution in [-0.4, -0.2) is 35.7 Å². The molecule has 0 saturated heterocycles. The Morgan fingerprint density at radius 2 is 1.81 bits per heavy atom. The van der Waals surface area contributed by atoms with Crippen molar-refractivity contribution in [2.75, 3.05) is 14.1 Å². The maximum Gasteiger partial charge on any atom is 0.0764 e. The topological polar surface area (TPSA) is 23.5 Å². The lowest BCUT2D eigenvalue weighted by atomic mass is 9.80. The molecule has 0 radical (unpaired) electrons. The summed E-state index contributed by atoms with van der Waals surface area (Å²) < 4.78 is 0. The van der Waals surface area contributed by atoms with Crippen molar-refractivity contribution >= 4 is 11.6 Å². The van der Waals surface area contributed by atoms with E-state index in [2.05, 4.69) is 31.1 Å². The molecular formula is C18H28ClNO. The predicted molar refractivity (Wildman–Crippen MR) is 90.0 cm³/mol. The molecule has 1 fully saturated rings. The molecule has 3 heteroatoms. The maximum atomic E-state index is 11.0. The van der Waals surface area contributed by atoms with E-state index in [1.54, 1.807) is 0 Å². The third-order valence-electron chi connectivity index (χ3n) is 5.10. The van der Waals surface area contributed by atoms with Crippen LogP contribution in [-0.2, 0) is 6.42 Å². The van der Waals surface area contributed by atoms with Crippen LogP contribution in [0.15, 0.2) is 18.2 Å². The van der Waals surface area contributed by atoms with Gasteiger partial charge in [0.05, 0.1) is 6.10 Å². The molecule has 118 valence electrons. The monoisotopic (exact) mass is 309 g/mol. The molecule has 0 aliphatic heterocycles. The molecule has 0 bridgehead atoms. The van der Waals surface area contributed by atoms with Gasteiger partial charge in [0.15, 0.2) is 0 Å². The molecule has 1 unspecified atom stereocenters. The van der Waals surface area contributed by atoms with Crippen LogP contribution in [0.1, 0.15) is 49.7 Å². The number of halogens is 1. The van der Waals surface area contributed by atoms with E-state index in [-0.39, 0.29) is 11.6 Å². The predicted octanol–water partition coefficient (Wildman–Crippen LogP) is 4.21. The summed E-state index contributed by atoms with van der Waals surface area (Å²) in [7, 11) is 4.20. The van der Waals surface area contributed by atoms with Crippen LogP contribution >= 0.6 is 11.6 Å². The van der Waals surface area contributed by atoms with Gasteiger partial charge in [-0.2, -0.15) is 0 Å². The molecule has 2 rings (SSSR count). The van der Waals surface area contributed by atoms with Crippen LogP contribution in [0.2, 0.25) is 5.02 Å². The minimum atomic E-state index is -0.370. The molecule has 21 heavy (non-hydrogen) atoms. The van der Waals surface area contributed by atoms with E-state index in [1.165, 1.54) is 25.7 Å². The Bertz CT molecular complexity index is 464. The minimum Gasteiger partial charge on any atom is -0.391 e. The third-order valence-corrected chi connectivity index (χ3v) is 5.45. The second kappa shape index (κ2) is 7.13. The zero-order chi connectivity index (χ0) is 15.5. The smallest absolute Gasteiger partial charge is 0.0764 e. The molecule has 0 amide bonds. The first-order chi connectivity index (χ1) is 9.95. The van der Waals surface area contributed by atoms with Crippen molar-refractivity contribution in [3.8, 4) is 0 Å². The second-order valence-electron chi connectivity index (χ2n) is 6.73. The summed E-state index contributed by atoms with van der Waals surface area (Å²) in [6.07, 6.45) is 7.40. The van der Waals surface area contributed by atoms with E-state index < -0.39 is 0 Å². The second-order valence-corrected chi connectivity index (χ2v) is 7.13. The van der Waals surface area contributed by atoms with Crippen LogP contribution in [0.3, 0.4) is 0 Å². The zero-order valence-corrected chi connectivity index (χ0v) is 14.3. The molecule has 1 atom stereocenters. The number of hydrogen-bond donors (Lipinski definition) is 1. The number of nitrogens with zero attached hydrogens (tertiary/aromatic N) is 1. The Kier molecular flexibility index (Phi) is 5.70. The van der Waals surface area contributed by atoms with Crippen molar-refractivity contribution in [2.45, 2.75) is 63.5 Å². The fourth-order valence-electron chi connectivity index (χ4n) is 3.64. The lowest BCUT2D eigenvalue weighted by Crippen LogP contribution is -2.54. The summed E-state index contributed by atoms with van der Waals surface area (Å²) in [4.78, 5) is 2.24. The normalized spacial score (nSPS) is 20.3. The molecule has 1 aliphatic rings. The van der Waals surface area contributed by atoms with Gasteiger partial charge in [0, 0.05) is 17.0 Å². The summed E-state index contributed by atoms with van der Waals surface area (Å²) in [6.45, 7) is 2.04. The third kappa shape index (κ3) is 3.80. The van der Waals surface area contributed by atoms with Gasteiger partial charge in [0.25, 0.3) is 0 Å². The van der Waals surface area contributed by atoms with Crippen LogP contribution < -0.4 is 0 Å². The molecule has 1 aliphatic carbocycles. The molecule has 1 saturated carbocycles. The first-order valence-electron chi connectivity index (χ1n) is 8.06. The molecule has 1 N–H and O–H groups in total. The highest BCUT2D eigenvalue weighted by Crippen LogP contribution is 2.36. The highest BCUT2D eigenvalue weighted by molar-refractivity contribution is 6.31. The van der Waals surface area contributed by atoms with Crippen molar-refractivity contribution in [3.05, 3.63) is 34.3 Å². The Morgan fingerprint density at radius 3 is 2.33 bits per heavy atom. The van der Waals surface area contributed by atoms with Crippen molar-refractivity contribution in [1.82, 2.24) is 4.90 Å². The fourth-order valence-corrected chi connectivity index (χ4v) is 3.95. The van der Waals surface area contributed by atoms with E-state index in [1.807, 2.05) is 13.0 Å². The van der Waals surface area contributed by atoms with E-state index in [4.69, 9.17) is 11.6 Å². The highest BCUT2D eigenvalue weighted by atomic mass is 35.5. The molecule has 0 heterocycles. The molecule has 0 aromatic heterocycles. The van der Waals surface area contributed by atoms with Gasteiger partial charge in [-0.05, 0) is 51.1 Å². The Hall–Kier alpha value is -0.570. The van der Waals surface area contributed by atoms with Crippen molar-refractivity contribution in [1.29, 1.82) is 0 Å². The molecule has 1 aromatic carbocycles. The Balaban J connectivity index is 2.20. The highest BCUT2D eigenvalue weighted by Gasteiger charge is 2.40. The van der Waals surface area contributed by atoms with Gasteiger partial charge in [-0.25, -0.2) is 0 Å². The summed E-state index contributed by atoms with van der Waals surface area (Å²) in [6, 6.07) is 6.11. The van der Waals surface area contributed by atoms with E-state index >= 15 is 0 Å². The Morgan fingerprint density at radius 1 is 1.19 bits per heavy atom. The summed E-state index contributed by atoms with van der Waals surface area (Å²) >= 11 is 6.35. The van der Waals surface area contributed by atoms with E-state index in [0.717, 1.165) is 29.0 Å². The van der Waals surface area contributed by atoms with E-state index in [9.17, 15) is 5.11 Å². The molecule has 0 spiro atoms. The van der Waals surface area contributed by atoms with Gasteiger partial charge in [-0.1, -0.05) is 49.4 Å². The number of benzene rings is 1. The van der Waals surface area contributed by atoms with Gasteiger partial charge >= 0.3 is 0 Å². The lowest BCUT2D eigenvalue weighted by Gasteiger charge is -2.43.